The zero-order chi connectivity index (χ0) is 31.9. The first-order valence-corrected chi connectivity index (χ1v) is 14.7. The first-order chi connectivity index (χ1) is 22.7. The molecule has 8 heteroatoms. The molecule has 0 N–H and O–H groups in total. The van der Waals surface area contributed by atoms with E-state index in [0.29, 0.717) is 11.5 Å². The van der Waals surface area contributed by atoms with Crippen molar-refractivity contribution in [1.29, 1.82) is 0 Å². The second kappa shape index (κ2) is 15.8. The van der Waals surface area contributed by atoms with Crippen molar-refractivity contribution in [2.75, 3.05) is 26.4 Å². The molecule has 230 valence electrons. The molecule has 5 rings (SSSR count). The standard InChI is InChI=1S/C38H32N2O6/c41-39-29-37(31-13-5-1-6-14-31,32-15-7-2-8-16-32)45-27-25-43-35-21-23-36(24-22-35)44-26-28-46-38(30-40-42,33-17-9-3-10-18-33)34-19-11-4-12-20-34/h1-24H,25-28H2. The molecule has 0 aliphatic heterocycles. The topological polar surface area (TPSA) is 91.8 Å². The van der Waals surface area contributed by atoms with Gasteiger partial charge in [0.25, 0.3) is 11.2 Å². The fourth-order valence-electron chi connectivity index (χ4n) is 5.15. The molecule has 0 saturated carbocycles. The predicted molar refractivity (Wildman–Crippen MR) is 178 cm³/mol. The Bertz CT molecular complexity index is 1550. The van der Waals surface area contributed by atoms with Gasteiger partial charge in [0.15, 0.2) is 0 Å². The van der Waals surface area contributed by atoms with Crippen molar-refractivity contribution in [2.24, 2.45) is 0 Å². The quantitative estimate of drug-likeness (QED) is 0.0932. The molecule has 0 aliphatic carbocycles. The van der Waals surface area contributed by atoms with Gasteiger partial charge < -0.3 is 29.4 Å². The van der Waals surface area contributed by atoms with Crippen LogP contribution in [0.3, 0.4) is 0 Å². The largest absolute Gasteiger partial charge is 0.498 e. The summed E-state index contributed by atoms with van der Waals surface area (Å²) in [6.45, 7) is 0.760. The van der Waals surface area contributed by atoms with Gasteiger partial charge in [0.1, 0.15) is 24.7 Å². The molecule has 0 unspecified atom stereocenters. The third kappa shape index (κ3) is 7.46. The van der Waals surface area contributed by atoms with Crippen LogP contribution in [0.25, 0.3) is 10.0 Å². The Morgan fingerprint density at radius 2 is 0.696 bits per heavy atom. The van der Waals surface area contributed by atoms with E-state index in [2.05, 4.69) is 22.2 Å². The van der Waals surface area contributed by atoms with E-state index in [1.165, 1.54) is 0 Å². The normalized spacial score (nSPS) is 11.0. The van der Waals surface area contributed by atoms with Crippen molar-refractivity contribution in [2.45, 2.75) is 11.2 Å². The molecule has 8 nitrogen and oxygen atoms in total. The molecule has 46 heavy (non-hydrogen) atoms. The van der Waals surface area contributed by atoms with E-state index in [4.69, 9.17) is 18.9 Å². The zero-order valence-electron chi connectivity index (χ0n) is 25.0. The summed E-state index contributed by atoms with van der Waals surface area (Å²) in [5.74, 6) is 1.24. The summed E-state index contributed by atoms with van der Waals surface area (Å²) < 4.78 is 24.3. The molecule has 0 atom stereocenters. The highest BCUT2D eigenvalue weighted by molar-refractivity contribution is 5.45. The van der Waals surface area contributed by atoms with Crippen molar-refractivity contribution >= 4 is 0 Å². The van der Waals surface area contributed by atoms with Gasteiger partial charge in [-0.25, -0.2) is 0 Å². The average molecular weight is 613 g/mol. The van der Waals surface area contributed by atoms with Gasteiger partial charge in [-0.05, 0) is 24.3 Å². The van der Waals surface area contributed by atoms with E-state index in [0.717, 1.165) is 22.3 Å². The Morgan fingerprint density at radius 3 is 0.957 bits per heavy atom. The molecule has 0 spiro atoms. The maximum Gasteiger partial charge on any atom is 0.344 e. The molecular weight excluding hydrogens is 580 g/mol. The Labute approximate surface area is 268 Å². The molecule has 0 heterocycles. The molecular formula is C38H32N2O6. The van der Waals surface area contributed by atoms with Crippen LogP contribution in [0.1, 0.15) is 22.3 Å². The Hall–Kier alpha value is -5.80. The Balaban J connectivity index is 1.17. The molecule has 0 aliphatic rings. The SMILES string of the molecule is [O-][N+]#CC(OCCOc1ccc(OCCOC(C#[N+][O-])(c2ccccc2)c2ccccc2)cc1)(c1ccccc1)c1ccccc1. The van der Waals surface area contributed by atoms with Crippen molar-refractivity contribution in [1.82, 2.24) is 0 Å². The van der Waals surface area contributed by atoms with Gasteiger partial charge >= 0.3 is 12.1 Å². The minimum Gasteiger partial charge on any atom is -0.498 e. The lowest BCUT2D eigenvalue weighted by Gasteiger charge is -2.25. The van der Waals surface area contributed by atoms with Crippen LogP contribution in [-0.4, -0.2) is 26.4 Å². The summed E-state index contributed by atoms with van der Waals surface area (Å²) in [6.07, 6.45) is 0. The number of rotatable bonds is 14. The van der Waals surface area contributed by atoms with Crippen LogP contribution < -0.4 is 9.47 Å². The molecule has 0 saturated heterocycles. The second-order valence-electron chi connectivity index (χ2n) is 10.1. The van der Waals surface area contributed by atoms with Crippen LogP contribution in [0.15, 0.2) is 146 Å². The average Bonchev–Trinajstić information content (AvgIpc) is 3.13. The van der Waals surface area contributed by atoms with Crippen molar-refractivity contribution in [3.63, 3.8) is 0 Å². The summed E-state index contributed by atoms with van der Waals surface area (Å²) in [6, 6.07) is 49.9. The van der Waals surface area contributed by atoms with Gasteiger partial charge in [0, 0.05) is 32.3 Å². The van der Waals surface area contributed by atoms with Crippen LogP contribution >= 0.6 is 0 Å². The summed E-state index contributed by atoms with van der Waals surface area (Å²) in [5, 5.41) is 28.8. The maximum absolute atomic E-state index is 11.4. The summed E-state index contributed by atoms with van der Waals surface area (Å²) in [5.41, 5.74) is 0.374. The predicted octanol–water partition coefficient (Wildman–Crippen LogP) is 8.03. The Morgan fingerprint density at radius 1 is 0.413 bits per heavy atom. The molecule has 5 aromatic carbocycles. The molecule has 0 bridgehead atoms. The van der Waals surface area contributed by atoms with Crippen molar-refractivity contribution in [3.05, 3.63) is 188 Å². The van der Waals surface area contributed by atoms with E-state index in [-0.39, 0.29) is 26.4 Å². The lowest BCUT2D eigenvalue weighted by atomic mass is 9.87. The first-order valence-electron chi connectivity index (χ1n) is 14.7. The minimum atomic E-state index is -1.27. The van der Waals surface area contributed by atoms with E-state index in [9.17, 15) is 10.4 Å². The minimum absolute atomic E-state index is 0.163. The summed E-state index contributed by atoms with van der Waals surface area (Å²) in [7, 11) is 0. The van der Waals surface area contributed by atoms with Crippen molar-refractivity contribution < 1.29 is 18.9 Å². The van der Waals surface area contributed by atoms with Gasteiger partial charge in [0.05, 0.1) is 13.2 Å². The number of hydrogen-bond donors (Lipinski definition) is 0. The fraction of sp³-hybridized carbons (Fsp3) is 0.158. The maximum atomic E-state index is 11.4. The highest BCUT2D eigenvalue weighted by atomic mass is 16.5. The number of hydrogen-bond acceptors (Lipinski definition) is 6. The van der Waals surface area contributed by atoms with Crippen LogP contribution in [0, 0.1) is 22.6 Å². The second-order valence-corrected chi connectivity index (χ2v) is 10.1. The van der Waals surface area contributed by atoms with Gasteiger partial charge in [0.2, 0.25) is 0 Å². The third-order valence-corrected chi connectivity index (χ3v) is 7.29. The van der Waals surface area contributed by atoms with Gasteiger partial charge in [-0.3, -0.25) is 0 Å². The highest BCUT2D eigenvalue weighted by Gasteiger charge is 2.41. The van der Waals surface area contributed by atoms with Gasteiger partial charge in [-0.1, -0.05) is 121 Å². The fourth-order valence-corrected chi connectivity index (χ4v) is 5.15. The number of nitrogens with zero attached hydrogens (tertiary/aromatic N) is 2. The Kier molecular flexibility index (Phi) is 10.8. The summed E-state index contributed by atoms with van der Waals surface area (Å²) >= 11 is 0. The van der Waals surface area contributed by atoms with E-state index >= 15 is 0 Å². The van der Waals surface area contributed by atoms with Crippen LogP contribution in [0.4, 0.5) is 0 Å². The molecule has 0 radical (unpaired) electrons. The highest BCUT2D eigenvalue weighted by Crippen LogP contribution is 2.35. The zero-order valence-corrected chi connectivity index (χ0v) is 25.0. The molecule has 5 aromatic rings. The first kappa shape index (κ1) is 31.6. The van der Waals surface area contributed by atoms with E-state index in [1.54, 1.807) is 24.3 Å². The third-order valence-electron chi connectivity index (χ3n) is 7.29. The number of benzene rings is 5. The smallest absolute Gasteiger partial charge is 0.344 e. The monoisotopic (exact) mass is 612 g/mol. The lowest BCUT2D eigenvalue weighted by Crippen LogP contribution is -2.31. The molecule has 0 amide bonds. The lowest BCUT2D eigenvalue weighted by molar-refractivity contribution is 0.00875. The van der Waals surface area contributed by atoms with Crippen molar-refractivity contribution in [3.8, 4) is 23.6 Å². The van der Waals surface area contributed by atoms with Crippen LogP contribution in [0.5, 0.6) is 11.5 Å². The van der Waals surface area contributed by atoms with Gasteiger partial charge in [-0.2, -0.15) is 0 Å². The van der Waals surface area contributed by atoms with Crippen LogP contribution in [0.2, 0.25) is 0 Å². The van der Waals surface area contributed by atoms with Gasteiger partial charge in [-0.15, -0.1) is 0 Å². The van der Waals surface area contributed by atoms with E-state index in [1.807, 2.05) is 121 Å². The number of ether oxygens (including phenoxy) is 4. The van der Waals surface area contributed by atoms with E-state index < -0.39 is 11.2 Å². The molecule has 0 fully saturated rings. The molecule has 0 aromatic heterocycles. The van der Waals surface area contributed by atoms with Crippen LogP contribution in [-0.2, 0) is 20.7 Å². The summed E-state index contributed by atoms with van der Waals surface area (Å²) in [4.78, 5) is 0.